The summed E-state index contributed by atoms with van der Waals surface area (Å²) in [5.41, 5.74) is 2.72. The molecule has 1 amide bonds. The van der Waals surface area contributed by atoms with E-state index in [2.05, 4.69) is 4.98 Å². The first kappa shape index (κ1) is 20.2. The zero-order valence-corrected chi connectivity index (χ0v) is 16.6. The highest BCUT2D eigenvalue weighted by molar-refractivity contribution is 7.71. The van der Waals surface area contributed by atoms with Crippen molar-refractivity contribution in [2.24, 2.45) is 0 Å². The number of fused-ring (bicyclic) bond motifs is 1. The van der Waals surface area contributed by atoms with E-state index < -0.39 is 5.97 Å². The van der Waals surface area contributed by atoms with Gasteiger partial charge in [0.25, 0.3) is 0 Å². The lowest BCUT2D eigenvalue weighted by Gasteiger charge is -2.02. The van der Waals surface area contributed by atoms with Gasteiger partial charge in [-0.3, -0.25) is 4.79 Å². The van der Waals surface area contributed by atoms with E-state index in [0.717, 1.165) is 17.7 Å². The molecule has 8 heteroatoms. The van der Waals surface area contributed by atoms with Crippen LogP contribution in [0.4, 0.5) is 0 Å². The molecule has 0 unspecified atom stereocenters. The molecule has 1 aliphatic rings. The van der Waals surface area contributed by atoms with Gasteiger partial charge in [0.1, 0.15) is 16.0 Å². The number of halogens is 2. The second-order valence-corrected chi connectivity index (χ2v) is 6.93. The topological polar surface area (TPSA) is 62.4 Å². The molecule has 0 aliphatic carbocycles. The van der Waals surface area contributed by atoms with Gasteiger partial charge in [-0.25, -0.2) is 4.79 Å². The molecule has 1 N–H and O–H groups in total. The Morgan fingerprint density at radius 3 is 2.42 bits per heavy atom. The van der Waals surface area contributed by atoms with E-state index in [1.807, 2.05) is 13.0 Å². The highest BCUT2D eigenvalue weighted by Gasteiger charge is 2.28. The smallest absolute Gasteiger partial charge is 0.347 e. The van der Waals surface area contributed by atoms with Gasteiger partial charge >= 0.3 is 5.97 Å². The summed E-state index contributed by atoms with van der Waals surface area (Å²) in [5.74, 6) is 0.00847. The molecule has 26 heavy (non-hydrogen) atoms. The van der Waals surface area contributed by atoms with Crippen LogP contribution in [0.1, 0.15) is 27.2 Å². The maximum absolute atomic E-state index is 11.9. The molecule has 2 aromatic rings. The number of aryl methyl sites for hydroxylation is 1. The first-order valence-electron chi connectivity index (χ1n) is 7.48. The lowest BCUT2D eigenvalue weighted by Crippen LogP contribution is -2.06. The summed E-state index contributed by atoms with van der Waals surface area (Å²) in [6.07, 6.45) is 2.49. The number of rotatable bonds is 2. The first-order chi connectivity index (χ1) is 12.2. The van der Waals surface area contributed by atoms with Gasteiger partial charge in [-0.2, -0.15) is 0 Å². The van der Waals surface area contributed by atoms with Crippen LogP contribution in [0.2, 0.25) is 10.0 Å². The number of cyclic esters (lactones) is 1. The number of carbonyl (C=O) groups excluding carboxylic acids is 2. The van der Waals surface area contributed by atoms with Crippen molar-refractivity contribution in [3.05, 3.63) is 61.3 Å². The van der Waals surface area contributed by atoms with Crippen LogP contribution in [0.25, 0.3) is 11.8 Å². The van der Waals surface area contributed by atoms with Crippen LogP contribution < -0.4 is 0 Å². The average Bonchev–Trinajstić information content (AvgIpc) is 2.87. The van der Waals surface area contributed by atoms with Gasteiger partial charge in [0.15, 0.2) is 0 Å². The molecule has 0 fully saturated rings. The summed E-state index contributed by atoms with van der Waals surface area (Å²) >= 11 is 17.1. The fourth-order valence-corrected chi connectivity index (χ4v) is 2.81. The number of hydrogen-bond donors (Lipinski definition) is 1. The summed E-state index contributed by atoms with van der Waals surface area (Å²) in [5, 5.41) is 0.915. The van der Waals surface area contributed by atoms with E-state index in [1.165, 1.54) is 4.90 Å². The summed E-state index contributed by atoms with van der Waals surface area (Å²) in [7, 11) is 3.38. The lowest BCUT2D eigenvalue weighted by molar-refractivity contribution is -0.115. The molecule has 0 spiro atoms. The molecule has 0 bridgehead atoms. The van der Waals surface area contributed by atoms with Crippen molar-refractivity contribution in [3.8, 4) is 0 Å². The maximum Gasteiger partial charge on any atom is 0.347 e. The first-order valence-corrected chi connectivity index (χ1v) is 8.64. The van der Waals surface area contributed by atoms with Gasteiger partial charge in [0.05, 0.1) is 10.0 Å². The molecule has 3 rings (SSSR count). The van der Waals surface area contributed by atoms with Gasteiger partial charge in [-0.15, -0.1) is 0 Å². The van der Waals surface area contributed by atoms with Crippen LogP contribution in [0.15, 0.2) is 24.3 Å². The highest BCUT2D eigenvalue weighted by Crippen LogP contribution is 2.33. The largest absolute Gasteiger partial charge is 0.422 e. The van der Waals surface area contributed by atoms with Gasteiger partial charge in [-0.05, 0) is 36.8 Å². The fraction of sp³-hybridized carbons (Fsp3) is 0.167. The number of H-pyrrole nitrogens is 1. The zero-order chi connectivity index (χ0) is 19.4. The molecular formula is C18H16Cl2N2O3S. The fourth-order valence-electron chi connectivity index (χ4n) is 2.15. The minimum Gasteiger partial charge on any atom is -0.422 e. The Hall–Kier alpha value is -2.15. The zero-order valence-electron chi connectivity index (χ0n) is 14.3. The van der Waals surface area contributed by atoms with Crippen LogP contribution in [-0.2, 0) is 9.53 Å². The standard InChI is InChI=1S/C15H9Cl2NO2S.C3H7NO/c1-7-4-9-12(20-15(19)13(9)14(21)18-7)6-8-2-3-10(16)11(17)5-8;1-4(2)3-5/h2-6H,1H3,(H,18,21);3H,1-2H3/b12-6+;. The number of aromatic amines is 1. The number of hydrogen-bond acceptors (Lipinski definition) is 4. The second-order valence-electron chi connectivity index (χ2n) is 5.71. The summed E-state index contributed by atoms with van der Waals surface area (Å²) in [6, 6.07) is 7.03. The lowest BCUT2D eigenvalue weighted by atomic mass is 10.1. The van der Waals surface area contributed by atoms with E-state index in [9.17, 15) is 9.59 Å². The molecule has 1 aliphatic heterocycles. The van der Waals surface area contributed by atoms with Crippen LogP contribution in [0.3, 0.4) is 0 Å². The normalized spacial score (nSPS) is 13.6. The van der Waals surface area contributed by atoms with E-state index in [4.69, 9.17) is 40.2 Å². The van der Waals surface area contributed by atoms with Gasteiger partial charge in [0, 0.05) is 25.4 Å². The third-order valence-corrected chi connectivity index (χ3v) is 4.34. The minimum absolute atomic E-state index is 0.382. The van der Waals surface area contributed by atoms with Crippen molar-refractivity contribution in [1.29, 1.82) is 0 Å². The Bertz CT molecular complexity index is 952. The molecule has 0 radical (unpaired) electrons. The molecule has 0 atom stereocenters. The predicted octanol–water partition coefficient (Wildman–Crippen LogP) is 4.73. The summed E-state index contributed by atoms with van der Waals surface area (Å²) < 4.78 is 5.68. The van der Waals surface area contributed by atoms with E-state index >= 15 is 0 Å². The van der Waals surface area contributed by atoms with Crippen molar-refractivity contribution >= 4 is 59.6 Å². The number of benzene rings is 1. The van der Waals surface area contributed by atoms with Crippen molar-refractivity contribution in [2.45, 2.75) is 6.92 Å². The van der Waals surface area contributed by atoms with Crippen molar-refractivity contribution < 1.29 is 14.3 Å². The monoisotopic (exact) mass is 410 g/mol. The Morgan fingerprint density at radius 1 is 1.19 bits per heavy atom. The number of nitrogens with one attached hydrogen (secondary N) is 1. The summed E-state index contributed by atoms with van der Waals surface area (Å²) in [4.78, 5) is 25.7. The Balaban J connectivity index is 0.000000431. The van der Waals surface area contributed by atoms with Gasteiger partial charge in [0.2, 0.25) is 6.41 Å². The Labute approximate surface area is 166 Å². The van der Waals surface area contributed by atoms with E-state index in [0.29, 0.717) is 31.6 Å². The second kappa shape index (κ2) is 8.49. The van der Waals surface area contributed by atoms with Gasteiger partial charge < -0.3 is 14.6 Å². The van der Waals surface area contributed by atoms with Gasteiger partial charge in [-0.1, -0.05) is 41.5 Å². The van der Waals surface area contributed by atoms with E-state index in [-0.39, 0.29) is 0 Å². The molecule has 0 saturated carbocycles. The van der Waals surface area contributed by atoms with Crippen LogP contribution in [0.5, 0.6) is 0 Å². The number of esters is 1. The molecule has 2 heterocycles. The van der Waals surface area contributed by atoms with Crippen molar-refractivity contribution in [1.82, 2.24) is 9.88 Å². The van der Waals surface area contributed by atoms with E-state index in [1.54, 1.807) is 38.4 Å². The van der Waals surface area contributed by atoms with Crippen LogP contribution >= 0.6 is 35.4 Å². The van der Waals surface area contributed by atoms with Crippen LogP contribution in [0, 0.1) is 11.6 Å². The number of aromatic nitrogens is 1. The third kappa shape index (κ3) is 4.72. The molecule has 5 nitrogen and oxygen atoms in total. The molecule has 1 aromatic carbocycles. The quantitative estimate of drug-likeness (QED) is 0.441. The number of amides is 1. The van der Waals surface area contributed by atoms with Crippen molar-refractivity contribution in [3.63, 3.8) is 0 Å². The number of pyridine rings is 1. The SMILES string of the molecule is CN(C)C=O.Cc1cc2c(c(=S)[nH]1)C(=O)O/C2=C/c1ccc(Cl)c(Cl)c1. The molecule has 0 saturated heterocycles. The average molecular weight is 411 g/mol. The minimum atomic E-state index is -0.447. The Kier molecular flexibility index (Phi) is 6.58. The van der Waals surface area contributed by atoms with Crippen LogP contribution in [-0.4, -0.2) is 36.4 Å². The molecular weight excluding hydrogens is 395 g/mol. The highest BCUT2D eigenvalue weighted by atomic mass is 35.5. The number of nitrogens with zero attached hydrogens (tertiary/aromatic N) is 1. The Morgan fingerprint density at radius 2 is 1.85 bits per heavy atom. The predicted molar refractivity (Wildman–Crippen MR) is 106 cm³/mol. The van der Waals surface area contributed by atoms with Crippen molar-refractivity contribution in [2.75, 3.05) is 14.1 Å². The number of ether oxygens (including phenoxy) is 1. The molecule has 136 valence electrons. The molecule has 1 aromatic heterocycles. The third-order valence-electron chi connectivity index (χ3n) is 3.29. The maximum atomic E-state index is 11.9. The summed E-state index contributed by atoms with van der Waals surface area (Å²) in [6.45, 7) is 1.87. The number of carbonyl (C=O) groups is 2.